The molecule has 0 saturated carbocycles. The molecule has 0 heterocycles. The van der Waals surface area contributed by atoms with Crippen LogP contribution in [0.3, 0.4) is 0 Å². The average molecular weight is 244 g/mol. The van der Waals surface area contributed by atoms with Crippen LogP contribution in [-0.2, 0) is 14.3 Å². The highest BCUT2D eigenvalue weighted by molar-refractivity contribution is 6.33. The van der Waals surface area contributed by atoms with Crippen molar-refractivity contribution < 1.29 is 14.3 Å². The SMILES string of the molecule is C=CCC1(OC)C(=O)C(c2ccccc2)=C1OC. The van der Waals surface area contributed by atoms with Gasteiger partial charge in [-0.2, -0.15) is 0 Å². The molecule has 0 aliphatic heterocycles. The van der Waals surface area contributed by atoms with Gasteiger partial charge in [0.05, 0.1) is 12.7 Å². The molecule has 0 bridgehead atoms. The molecule has 1 atom stereocenters. The molecule has 3 heteroatoms. The van der Waals surface area contributed by atoms with Gasteiger partial charge in [0, 0.05) is 13.5 Å². The summed E-state index contributed by atoms with van der Waals surface area (Å²) >= 11 is 0. The number of benzene rings is 1. The number of hydrogen-bond donors (Lipinski definition) is 0. The molecule has 0 aromatic heterocycles. The van der Waals surface area contributed by atoms with Crippen LogP contribution in [0.5, 0.6) is 0 Å². The molecule has 1 unspecified atom stereocenters. The van der Waals surface area contributed by atoms with Gasteiger partial charge in [0.25, 0.3) is 0 Å². The van der Waals surface area contributed by atoms with Crippen LogP contribution >= 0.6 is 0 Å². The second-order valence-electron chi connectivity index (χ2n) is 4.13. The van der Waals surface area contributed by atoms with E-state index in [1.807, 2.05) is 30.3 Å². The van der Waals surface area contributed by atoms with Gasteiger partial charge in [-0.05, 0) is 5.56 Å². The molecule has 0 radical (unpaired) electrons. The van der Waals surface area contributed by atoms with Gasteiger partial charge >= 0.3 is 0 Å². The average Bonchev–Trinajstić information content (AvgIpc) is 2.42. The van der Waals surface area contributed by atoms with Gasteiger partial charge in [0.2, 0.25) is 5.78 Å². The van der Waals surface area contributed by atoms with E-state index >= 15 is 0 Å². The van der Waals surface area contributed by atoms with Crippen LogP contribution < -0.4 is 0 Å². The first-order chi connectivity index (χ1) is 8.71. The Morgan fingerprint density at radius 2 is 1.94 bits per heavy atom. The lowest BCUT2D eigenvalue weighted by Gasteiger charge is -2.41. The van der Waals surface area contributed by atoms with Crippen molar-refractivity contribution in [2.75, 3.05) is 14.2 Å². The molecule has 0 saturated heterocycles. The minimum atomic E-state index is -0.984. The summed E-state index contributed by atoms with van der Waals surface area (Å²) in [6, 6.07) is 9.47. The fourth-order valence-electron chi connectivity index (χ4n) is 2.34. The normalized spacial score (nSPS) is 22.7. The van der Waals surface area contributed by atoms with Crippen molar-refractivity contribution in [1.82, 2.24) is 0 Å². The number of hydrogen-bond acceptors (Lipinski definition) is 3. The highest BCUT2D eigenvalue weighted by Crippen LogP contribution is 2.45. The lowest BCUT2D eigenvalue weighted by Crippen LogP contribution is -2.52. The molecule has 94 valence electrons. The lowest BCUT2D eigenvalue weighted by molar-refractivity contribution is -0.139. The summed E-state index contributed by atoms with van der Waals surface area (Å²) in [4.78, 5) is 12.4. The molecular weight excluding hydrogens is 228 g/mol. The Balaban J connectivity index is 2.51. The van der Waals surface area contributed by atoms with Gasteiger partial charge in [-0.1, -0.05) is 36.4 Å². The third-order valence-electron chi connectivity index (χ3n) is 3.23. The van der Waals surface area contributed by atoms with Gasteiger partial charge in [0.15, 0.2) is 5.60 Å². The zero-order valence-electron chi connectivity index (χ0n) is 10.6. The molecule has 1 aromatic carbocycles. The Morgan fingerprint density at radius 1 is 1.28 bits per heavy atom. The van der Waals surface area contributed by atoms with Crippen LogP contribution in [0.25, 0.3) is 5.57 Å². The molecule has 0 amide bonds. The summed E-state index contributed by atoms with van der Waals surface area (Å²) in [5, 5.41) is 0. The highest BCUT2D eigenvalue weighted by atomic mass is 16.5. The standard InChI is InChI=1S/C15H16O3/c1-4-10-15(18-3)13(16)12(14(15)17-2)11-8-6-5-7-9-11/h4-9H,1,10H2,2-3H3. The number of methoxy groups -OCH3 is 2. The summed E-state index contributed by atoms with van der Waals surface area (Å²) in [7, 11) is 3.07. The second kappa shape index (κ2) is 4.78. The van der Waals surface area contributed by atoms with Crippen LogP contribution in [0.1, 0.15) is 12.0 Å². The Kier molecular flexibility index (Phi) is 3.34. The van der Waals surface area contributed by atoms with Gasteiger partial charge in [0.1, 0.15) is 5.76 Å². The molecule has 1 aromatic rings. The van der Waals surface area contributed by atoms with Crippen molar-refractivity contribution in [3.63, 3.8) is 0 Å². The Labute approximate surface area is 107 Å². The van der Waals surface area contributed by atoms with E-state index in [4.69, 9.17) is 9.47 Å². The number of Topliss-reactive ketones (excluding diaryl/α,β-unsaturated/α-hetero) is 1. The van der Waals surface area contributed by atoms with E-state index in [9.17, 15) is 4.79 Å². The largest absolute Gasteiger partial charge is 0.497 e. The lowest BCUT2D eigenvalue weighted by atomic mass is 9.72. The number of ketones is 1. The zero-order valence-corrected chi connectivity index (χ0v) is 10.6. The van der Waals surface area contributed by atoms with E-state index in [0.29, 0.717) is 17.8 Å². The maximum Gasteiger partial charge on any atom is 0.206 e. The fourth-order valence-corrected chi connectivity index (χ4v) is 2.34. The summed E-state index contributed by atoms with van der Waals surface area (Å²) in [5.74, 6) is 0.536. The molecule has 0 fully saturated rings. The second-order valence-corrected chi connectivity index (χ2v) is 4.13. The summed E-state index contributed by atoms with van der Waals surface area (Å²) < 4.78 is 10.7. The number of carbonyl (C=O) groups excluding carboxylic acids is 1. The quantitative estimate of drug-likeness (QED) is 0.747. The van der Waals surface area contributed by atoms with Crippen LogP contribution in [0.4, 0.5) is 0 Å². The summed E-state index contributed by atoms with van der Waals surface area (Å²) in [6.07, 6.45) is 2.09. The Hall–Kier alpha value is -1.87. The van der Waals surface area contributed by atoms with Crippen LogP contribution in [-0.4, -0.2) is 25.6 Å². The molecule has 2 rings (SSSR count). The predicted octanol–water partition coefficient (Wildman–Crippen LogP) is 2.59. The number of rotatable bonds is 5. The van der Waals surface area contributed by atoms with E-state index < -0.39 is 5.60 Å². The first-order valence-electron chi connectivity index (χ1n) is 5.76. The third kappa shape index (κ3) is 1.59. The Bertz CT molecular complexity index is 502. The molecular formula is C15H16O3. The zero-order chi connectivity index (χ0) is 13.2. The highest BCUT2D eigenvalue weighted by Gasteiger charge is 2.55. The third-order valence-corrected chi connectivity index (χ3v) is 3.23. The minimum Gasteiger partial charge on any atom is -0.497 e. The van der Waals surface area contributed by atoms with Gasteiger partial charge < -0.3 is 9.47 Å². The Morgan fingerprint density at radius 3 is 2.44 bits per heavy atom. The maximum atomic E-state index is 12.4. The summed E-state index contributed by atoms with van der Waals surface area (Å²) in [6.45, 7) is 3.67. The van der Waals surface area contributed by atoms with Gasteiger partial charge in [-0.15, -0.1) is 6.58 Å². The van der Waals surface area contributed by atoms with Crippen LogP contribution in [0, 0.1) is 0 Å². The first kappa shape index (κ1) is 12.6. The van der Waals surface area contributed by atoms with Crippen LogP contribution in [0.2, 0.25) is 0 Å². The minimum absolute atomic E-state index is 0.0482. The van der Waals surface area contributed by atoms with Crippen molar-refractivity contribution in [3.05, 3.63) is 54.3 Å². The van der Waals surface area contributed by atoms with Crippen LogP contribution in [0.15, 0.2) is 48.7 Å². The molecule has 3 nitrogen and oxygen atoms in total. The van der Waals surface area contributed by atoms with Gasteiger partial charge in [-0.25, -0.2) is 0 Å². The van der Waals surface area contributed by atoms with E-state index in [1.165, 1.54) is 7.11 Å². The molecule has 0 N–H and O–H groups in total. The number of carbonyl (C=O) groups is 1. The molecule has 0 spiro atoms. The maximum absolute atomic E-state index is 12.4. The van der Waals surface area contributed by atoms with Crippen molar-refractivity contribution in [1.29, 1.82) is 0 Å². The van der Waals surface area contributed by atoms with E-state index in [-0.39, 0.29) is 5.78 Å². The monoisotopic (exact) mass is 244 g/mol. The van der Waals surface area contributed by atoms with E-state index in [0.717, 1.165) is 5.56 Å². The fraction of sp³-hybridized carbons (Fsp3) is 0.267. The van der Waals surface area contributed by atoms with E-state index in [1.54, 1.807) is 13.2 Å². The predicted molar refractivity (Wildman–Crippen MR) is 69.9 cm³/mol. The molecule has 1 aliphatic rings. The van der Waals surface area contributed by atoms with Gasteiger partial charge in [-0.3, -0.25) is 4.79 Å². The summed E-state index contributed by atoms with van der Waals surface area (Å²) in [5.41, 5.74) is 0.472. The molecule has 1 aliphatic carbocycles. The first-order valence-corrected chi connectivity index (χ1v) is 5.76. The molecule has 18 heavy (non-hydrogen) atoms. The van der Waals surface area contributed by atoms with Crippen molar-refractivity contribution in [2.24, 2.45) is 0 Å². The number of ether oxygens (including phenoxy) is 2. The smallest absolute Gasteiger partial charge is 0.206 e. The van der Waals surface area contributed by atoms with Crippen molar-refractivity contribution >= 4 is 11.4 Å². The van der Waals surface area contributed by atoms with Crippen molar-refractivity contribution in [2.45, 2.75) is 12.0 Å². The topological polar surface area (TPSA) is 35.5 Å². The van der Waals surface area contributed by atoms with Crippen molar-refractivity contribution in [3.8, 4) is 0 Å². The van der Waals surface area contributed by atoms with E-state index in [2.05, 4.69) is 6.58 Å².